The van der Waals surface area contributed by atoms with Gasteiger partial charge in [-0.05, 0) is 37.3 Å². The predicted octanol–water partition coefficient (Wildman–Crippen LogP) is 4.27. The first-order chi connectivity index (χ1) is 9.56. The van der Waals surface area contributed by atoms with Gasteiger partial charge in [0.15, 0.2) is 5.76 Å². The Kier molecular flexibility index (Phi) is 3.14. The normalized spacial score (nSPS) is 10.9. The van der Waals surface area contributed by atoms with Gasteiger partial charge in [0.25, 0.3) is 0 Å². The van der Waals surface area contributed by atoms with Crippen LogP contribution in [0, 0.1) is 12.7 Å². The molecule has 3 rings (SSSR count). The molecule has 0 aliphatic heterocycles. The number of hydrogen-bond donors (Lipinski definition) is 0. The predicted molar refractivity (Wildman–Crippen MR) is 76.3 cm³/mol. The number of ketones is 1. The van der Waals surface area contributed by atoms with E-state index in [0.29, 0.717) is 5.58 Å². The summed E-state index contributed by atoms with van der Waals surface area (Å²) in [6, 6.07) is 8.08. The summed E-state index contributed by atoms with van der Waals surface area (Å²) >= 11 is 3.39. The Morgan fingerprint density at radius 1 is 1.30 bits per heavy atom. The van der Waals surface area contributed by atoms with Crippen molar-refractivity contribution in [3.05, 3.63) is 63.8 Å². The summed E-state index contributed by atoms with van der Waals surface area (Å²) in [7, 11) is 0. The number of hydrogen-bond acceptors (Lipinski definition) is 3. The quantitative estimate of drug-likeness (QED) is 0.658. The first kappa shape index (κ1) is 13.0. The fourth-order valence-electron chi connectivity index (χ4n) is 2.04. The third-order valence-corrected chi connectivity index (χ3v) is 3.56. The SMILES string of the molecule is Cc1c(C(=O)c2ccc(F)cn2)oc2ccc(Br)cc12. The van der Waals surface area contributed by atoms with Crippen LogP contribution in [-0.4, -0.2) is 10.8 Å². The van der Waals surface area contributed by atoms with Crippen LogP contribution in [0.4, 0.5) is 4.39 Å². The zero-order valence-corrected chi connectivity index (χ0v) is 12.1. The molecule has 0 saturated carbocycles. The van der Waals surface area contributed by atoms with E-state index >= 15 is 0 Å². The van der Waals surface area contributed by atoms with Crippen molar-refractivity contribution in [2.45, 2.75) is 6.92 Å². The highest BCUT2D eigenvalue weighted by Gasteiger charge is 2.20. The van der Waals surface area contributed by atoms with Crippen molar-refractivity contribution in [1.82, 2.24) is 4.98 Å². The fourth-order valence-corrected chi connectivity index (χ4v) is 2.40. The standard InChI is InChI=1S/C15H9BrFNO2/c1-8-11-6-9(16)2-5-13(11)20-15(8)14(19)12-4-3-10(17)7-18-12/h2-7H,1H3. The summed E-state index contributed by atoms with van der Waals surface area (Å²) in [5, 5.41) is 0.866. The first-order valence-electron chi connectivity index (χ1n) is 5.91. The Balaban J connectivity index is 2.12. The number of carbonyl (C=O) groups is 1. The maximum atomic E-state index is 12.8. The van der Waals surface area contributed by atoms with E-state index < -0.39 is 5.82 Å². The van der Waals surface area contributed by atoms with Crippen molar-refractivity contribution >= 4 is 32.7 Å². The number of halogens is 2. The van der Waals surface area contributed by atoms with E-state index in [2.05, 4.69) is 20.9 Å². The van der Waals surface area contributed by atoms with Crippen LogP contribution < -0.4 is 0 Å². The van der Waals surface area contributed by atoms with Crippen LogP contribution in [0.25, 0.3) is 11.0 Å². The summed E-state index contributed by atoms with van der Waals surface area (Å²) in [5.41, 5.74) is 1.54. The molecule has 0 radical (unpaired) electrons. The molecule has 2 heterocycles. The molecule has 20 heavy (non-hydrogen) atoms. The van der Waals surface area contributed by atoms with Crippen LogP contribution in [0.15, 0.2) is 45.4 Å². The van der Waals surface area contributed by atoms with Crippen LogP contribution in [0.5, 0.6) is 0 Å². The van der Waals surface area contributed by atoms with Crippen LogP contribution in [0.3, 0.4) is 0 Å². The van der Waals surface area contributed by atoms with E-state index in [1.54, 1.807) is 6.07 Å². The minimum Gasteiger partial charge on any atom is -0.452 e. The van der Waals surface area contributed by atoms with Crippen LogP contribution in [-0.2, 0) is 0 Å². The summed E-state index contributed by atoms with van der Waals surface area (Å²) in [4.78, 5) is 16.1. The fraction of sp³-hybridized carbons (Fsp3) is 0.0667. The molecule has 0 atom stereocenters. The Labute approximate surface area is 122 Å². The van der Waals surface area contributed by atoms with E-state index in [1.807, 2.05) is 19.1 Å². The van der Waals surface area contributed by atoms with Gasteiger partial charge in [0.1, 0.15) is 17.1 Å². The van der Waals surface area contributed by atoms with E-state index in [0.717, 1.165) is 21.6 Å². The number of furan rings is 1. The number of aromatic nitrogens is 1. The Morgan fingerprint density at radius 2 is 2.10 bits per heavy atom. The van der Waals surface area contributed by atoms with Gasteiger partial charge < -0.3 is 4.42 Å². The van der Waals surface area contributed by atoms with Gasteiger partial charge in [-0.1, -0.05) is 15.9 Å². The number of benzene rings is 1. The lowest BCUT2D eigenvalue weighted by Gasteiger charge is -1.97. The van der Waals surface area contributed by atoms with Gasteiger partial charge in [0, 0.05) is 15.4 Å². The summed E-state index contributed by atoms with van der Waals surface area (Å²) < 4.78 is 19.3. The Morgan fingerprint density at radius 3 is 2.80 bits per heavy atom. The lowest BCUT2D eigenvalue weighted by atomic mass is 10.1. The van der Waals surface area contributed by atoms with E-state index in [9.17, 15) is 9.18 Å². The second-order valence-corrected chi connectivity index (χ2v) is 5.30. The van der Waals surface area contributed by atoms with Gasteiger partial charge in [-0.2, -0.15) is 0 Å². The van der Waals surface area contributed by atoms with E-state index in [-0.39, 0.29) is 17.2 Å². The molecule has 0 aliphatic carbocycles. The van der Waals surface area contributed by atoms with Crippen molar-refractivity contribution in [3.63, 3.8) is 0 Å². The third kappa shape index (κ3) is 2.14. The number of rotatable bonds is 2. The Hall–Kier alpha value is -2.01. The molecule has 3 aromatic rings. The summed E-state index contributed by atoms with van der Waals surface area (Å²) in [6.45, 7) is 1.81. The van der Waals surface area contributed by atoms with Crippen LogP contribution in [0.1, 0.15) is 21.8 Å². The molecule has 5 heteroatoms. The van der Waals surface area contributed by atoms with Crippen molar-refractivity contribution in [3.8, 4) is 0 Å². The highest BCUT2D eigenvalue weighted by molar-refractivity contribution is 9.10. The molecule has 0 saturated heterocycles. The number of aryl methyl sites for hydroxylation is 1. The van der Waals surface area contributed by atoms with Gasteiger partial charge in [-0.25, -0.2) is 9.37 Å². The summed E-state index contributed by atoms with van der Waals surface area (Å²) in [5.74, 6) is -0.598. The maximum Gasteiger partial charge on any atom is 0.246 e. The molecule has 100 valence electrons. The zero-order valence-electron chi connectivity index (χ0n) is 10.5. The van der Waals surface area contributed by atoms with Gasteiger partial charge in [0.05, 0.1) is 6.20 Å². The molecule has 0 fully saturated rings. The number of fused-ring (bicyclic) bond motifs is 1. The maximum absolute atomic E-state index is 12.8. The van der Waals surface area contributed by atoms with Crippen molar-refractivity contribution in [1.29, 1.82) is 0 Å². The number of carbonyl (C=O) groups excluding carboxylic acids is 1. The largest absolute Gasteiger partial charge is 0.452 e. The van der Waals surface area contributed by atoms with Gasteiger partial charge in [-0.15, -0.1) is 0 Å². The van der Waals surface area contributed by atoms with Crippen molar-refractivity contribution in [2.75, 3.05) is 0 Å². The molecule has 0 unspecified atom stereocenters. The highest BCUT2D eigenvalue weighted by Crippen LogP contribution is 2.29. The molecule has 3 nitrogen and oxygen atoms in total. The van der Waals surface area contributed by atoms with E-state index in [4.69, 9.17) is 4.42 Å². The molecular formula is C15H9BrFNO2. The molecule has 1 aromatic carbocycles. The summed E-state index contributed by atoms with van der Waals surface area (Å²) in [6.07, 6.45) is 1.02. The molecule has 0 N–H and O–H groups in total. The smallest absolute Gasteiger partial charge is 0.246 e. The molecule has 0 spiro atoms. The van der Waals surface area contributed by atoms with Crippen molar-refractivity contribution in [2.24, 2.45) is 0 Å². The first-order valence-corrected chi connectivity index (χ1v) is 6.70. The topological polar surface area (TPSA) is 43.1 Å². The third-order valence-electron chi connectivity index (χ3n) is 3.06. The molecule has 2 aromatic heterocycles. The van der Waals surface area contributed by atoms with Gasteiger partial charge in [-0.3, -0.25) is 4.79 Å². The van der Waals surface area contributed by atoms with Crippen molar-refractivity contribution < 1.29 is 13.6 Å². The molecular weight excluding hydrogens is 325 g/mol. The molecule has 0 bridgehead atoms. The average Bonchev–Trinajstić information content (AvgIpc) is 2.76. The van der Waals surface area contributed by atoms with E-state index in [1.165, 1.54) is 12.1 Å². The lowest BCUT2D eigenvalue weighted by molar-refractivity contribution is 0.101. The lowest BCUT2D eigenvalue weighted by Crippen LogP contribution is -2.04. The highest BCUT2D eigenvalue weighted by atomic mass is 79.9. The number of nitrogens with zero attached hydrogens (tertiary/aromatic N) is 1. The average molecular weight is 334 g/mol. The van der Waals surface area contributed by atoms with Gasteiger partial charge >= 0.3 is 0 Å². The molecule has 0 amide bonds. The second-order valence-electron chi connectivity index (χ2n) is 4.39. The Bertz CT molecular complexity index is 809. The minimum atomic E-state index is -0.480. The van der Waals surface area contributed by atoms with Crippen LogP contribution in [0.2, 0.25) is 0 Å². The van der Waals surface area contributed by atoms with Gasteiger partial charge in [0.2, 0.25) is 5.78 Å². The van der Waals surface area contributed by atoms with Crippen LogP contribution >= 0.6 is 15.9 Å². The number of pyridine rings is 1. The second kappa shape index (κ2) is 4.83. The minimum absolute atomic E-state index is 0.160. The molecule has 0 aliphatic rings. The zero-order chi connectivity index (χ0) is 14.3. The monoisotopic (exact) mass is 333 g/mol.